The van der Waals surface area contributed by atoms with E-state index in [2.05, 4.69) is 0 Å². The zero-order valence-electron chi connectivity index (χ0n) is 11.4. The van der Waals surface area contributed by atoms with Gasteiger partial charge in [-0.15, -0.1) is 0 Å². The van der Waals surface area contributed by atoms with Gasteiger partial charge in [0.2, 0.25) is 0 Å². The molecule has 2 aromatic carbocycles. The number of benzene rings is 2. The molecule has 0 atom stereocenters. The second kappa shape index (κ2) is 7.69. The molecule has 0 saturated carbocycles. The van der Waals surface area contributed by atoms with Crippen LogP contribution in [-0.2, 0) is 16.1 Å². The molecule has 4 nitrogen and oxygen atoms in total. The van der Waals surface area contributed by atoms with Crippen LogP contribution in [-0.4, -0.2) is 12.6 Å². The van der Waals surface area contributed by atoms with Crippen molar-refractivity contribution in [3.63, 3.8) is 0 Å². The van der Waals surface area contributed by atoms with Crippen molar-refractivity contribution in [2.75, 3.05) is 6.61 Å². The summed E-state index contributed by atoms with van der Waals surface area (Å²) in [5, 5.41) is 9.78. The molecule has 112 valence electrons. The number of para-hydroxylation sites is 1. The van der Waals surface area contributed by atoms with E-state index in [1.165, 1.54) is 0 Å². The van der Waals surface area contributed by atoms with E-state index in [0.717, 1.165) is 0 Å². The Morgan fingerprint density at radius 3 is 2.45 bits per heavy atom. The zero-order chi connectivity index (χ0) is 15.9. The molecule has 0 radical (unpaired) electrons. The van der Waals surface area contributed by atoms with Crippen LogP contribution in [0.4, 0.5) is 0 Å². The molecule has 2 rings (SSSR count). The topological polar surface area (TPSA) is 59.3 Å². The molecule has 0 heterocycles. The first-order valence-electron chi connectivity index (χ1n) is 6.32. The minimum absolute atomic E-state index is 0.0411. The smallest absolute Gasteiger partial charge is 0.344 e. The van der Waals surface area contributed by atoms with Gasteiger partial charge in [0.25, 0.3) is 0 Å². The van der Waals surface area contributed by atoms with Gasteiger partial charge in [-0.1, -0.05) is 41.4 Å². The molecule has 0 aromatic heterocycles. The molecule has 22 heavy (non-hydrogen) atoms. The van der Waals surface area contributed by atoms with Crippen LogP contribution in [0.15, 0.2) is 42.5 Å². The number of hydrogen-bond acceptors (Lipinski definition) is 4. The predicted octanol–water partition coefficient (Wildman–Crippen LogP) is 3.99. The molecule has 0 amide bonds. The summed E-state index contributed by atoms with van der Waals surface area (Å²) in [5.74, 6) is -0.249. The number of nitrogens with zero attached hydrogens (tertiary/aromatic N) is 1. The molecular weight excluding hydrogens is 325 g/mol. The van der Waals surface area contributed by atoms with Crippen molar-refractivity contribution >= 4 is 29.2 Å². The standard InChI is InChI=1S/C16H11Cl2NO3/c17-13-5-3-6-14(18)12(13)9-22-16(20)10-21-15-7-2-1-4-11(15)8-19/h1-7H,9-10H2. The average Bonchev–Trinajstić information content (AvgIpc) is 2.52. The van der Waals surface area contributed by atoms with Gasteiger partial charge < -0.3 is 9.47 Å². The Hall–Kier alpha value is -2.22. The van der Waals surface area contributed by atoms with Crippen LogP contribution in [0.2, 0.25) is 10.0 Å². The number of nitriles is 1. The maximum atomic E-state index is 11.7. The monoisotopic (exact) mass is 335 g/mol. The molecule has 0 unspecified atom stereocenters. The van der Waals surface area contributed by atoms with E-state index in [4.69, 9.17) is 37.9 Å². The minimum Gasteiger partial charge on any atom is -0.481 e. The van der Waals surface area contributed by atoms with E-state index in [9.17, 15) is 4.79 Å². The lowest BCUT2D eigenvalue weighted by atomic mass is 10.2. The summed E-state index contributed by atoms with van der Waals surface area (Å²) in [5.41, 5.74) is 0.890. The lowest BCUT2D eigenvalue weighted by Gasteiger charge is -2.10. The summed E-state index contributed by atoms with van der Waals surface area (Å²) in [6, 6.07) is 13.6. The van der Waals surface area contributed by atoms with Crippen LogP contribution < -0.4 is 4.74 Å². The third-order valence-electron chi connectivity index (χ3n) is 2.79. The summed E-state index contributed by atoms with van der Waals surface area (Å²) in [6.07, 6.45) is 0. The van der Waals surface area contributed by atoms with Crippen molar-refractivity contribution in [3.05, 3.63) is 63.6 Å². The highest BCUT2D eigenvalue weighted by Gasteiger charge is 2.11. The number of esters is 1. The maximum Gasteiger partial charge on any atom is 0.344 e. The fourth-order valence-electron chi connectivity index (χ4n) is 1.69. The van der Waals surface area contributed by atoms with E-state index in [1.54, 1.807) is 42.5 Å². The average molecular weight is 336 g/mol. The van der Waals surface area contributed by atoms with Gasteiger partial charge >= 0.3 is 5.97 Å². The predicted molar refractivity (Wildman–Crippen MR) is 82.9 cm³/mol. The molecule has 2 aromatic rings. The summed E-state index contributed by atoms with van der Waals surface area (Å²) in [7, 11) is 0. The molecule has 0 aliphatic heterocycles. The maximum absolute atomic E-state index is 11.7. The zero-order valence-corrected chi connectivity index (χ0v) is 12.9. The van der Waals surface area contributed by atoms with Gasteiger partial charge in [0.05, 0.1) is 5.56 Å². The normalized spacial score (nSPS) is 9.86. The Morgan fingerprint density at radius 2 is 1.77 bits per heavy atom. The Morgan fingerprint density at radius 1 is 1.09 bits per heavy atom. The molecule has 0 bridgehead atoms. The first-order chi connectivity index (χ1) is 10.6. The van der Waals surface area contributed by atoms with Gasteiger partial charge in [-0.25, -0.2) is 4.79 Å². The quantitative estimate of drug-likeness (QED) is 0.775. The Balaban J connectivity index is 1.90. The number of rotatable bonds is 5. The van der Waals surface area contributed by atoms with Crippen molar-refractivity contribution in [3.8, 4) is 11.8 Å². The molecule has 0 saturated heterocycles. The van der Waals surface area contributed by atoms with Crippen molar-refractivity contribution in [1.29, 1.82) is 5.26 Å². The van der Waals surface area contributed by atoms with Gasteiger partial charge in [-0.3, -0.25) is 0 Å². The molecule has 0 N–H and O–H groups in total. The summed E-state index contributed by atoms with van der Waals surface area (Å²) >= 11 is 12.0. The van der Waals surface area contributed by atoms with E-state index < -0.39 is 5.97 Å². The molecule has 0 spiro atoms. The summed E-state index contributed by atoms with van der Waals surface area (Å²) in [4.78, 5) is 11.7. The second-order valence-electron chi connectivity index (χ2n) is 4.26. The molecule has 6 heteroatoms. The molecule has 0 aliphatic rings. The number of halogens is 2. The van der Waals surface area contributed by atoms with Crippen molar-refractivity contribution < 1.29 is 14.3 Å². The lowest BCUT2D eigenvalue weighted by Crippen LogP contribution is -2.15. The van der Waals surface area contributed by atoms with E-state index in [1.807, 2.05) is 6.07 Å². The van der Waals surface area contributed by atoms with Crippen LogP contribution >= 0.6 is 23.2 Å². The van der Waals surface area contributed by atoms with Gasteiger partial charge in [-0.2, -0.15) is 5.26 Å². The Kier molecular flexibility index (Phi) is 5.65. The van der Waals surface area contributed by atoms with Gasteiger partial charge in [-0.05, 0) is 24.3 Å². The number of carbonyl (C=O) groups excluding carboxylic acids is 1. The summed E-state index contributed by atoms with van der Waals surface area (Å²) < 4.78 is 10.3. The largest absolute Gasteiger partial charge is 0.481 e. The molecule has 0 aliphatic carbocycles. The van der Waals surface area contributed by atoms with Crippen molar-refractivity contribution in [2.24, 2.45) is 0 Å². The lowest BCUT2D eigenvalue weighted by molar-refractivity contribution is -0.147. The number of ether oxygens (including phenoxy) is 2. The minimum atomic E-state index is -0.580. The van der Waals surface area contributed by atoms with Gasteiger partial charge in [0.1, 0.15) is 18.4 Å². The second-order valence-corrected chi connectivity index (χ2v) is 5.07. The first-order valence-corrected chi connectivity index (χ1v) is 7.08. The Bertz CT molecular complexity index is 705. The number of hydrogen-bond donors (Lipinski definition) is 0. The third kappa shape index (κ3) is 4.14. The van der Waals surface area contributed by atoms with Gasteiger partial charge in [0.15, 0.2) is 6.61 Å². The van der Waals surface area contributed by atoms with E-state index in [-0.39, 0.29) is 13.2 Å². The van der Waals surface area contributed by atoms with Crippen LogP contribution in [0.5, 0.6) is 5.75 Å². The summed E-state index contributed by atoms with van der Waals surface area (Å²) in [6.45, 7) is -0.346. The fraction of sp³-hybridized carbons (Fsp3) is 0.125. The van der Waals surface area contributed by atoms with Crippen LogP contribution in [0.25, 0.3) is 0 Å². The van der Waals surface area contributed by atoms with E-state index >= 15 is 0 Å². The fourth-order valence-corrected chi connectivity index (χ4v) is 2.19. The highest BCUT2D eigenvalue weighted by atomic mass is 35.5. The van der Waals surface area contributed by atoms with Crippen LogP contribution in [0, 0.1) is 11.3 Å². The van der Waals surface area contributed by atoms with Gasteiger partial charge in [0, 0.05) is 15.6 Å². The van der Waals surface area contributed by atoms with Crippen LogP contribution in [0.3, 0.4) is 0 Å². The van der Waals surface area contributed by atoms with Crippen molar-refractivity contribution in [1.82, 2.24) is 0 Å². The highest BCUT2D eigenvalue weighted by Crippen LogP contribution is 2.25. The molecular formula is C16H11Cl2NO3. The highest BCUT2D eigenvalue weighted by molar-refractivity contribution is 6.35. The number of carbonyl (C=O) groups is 1. The van der Waals surface area contributed by atoms with Crippen molar-refractivity contribution in [2.45, 2.75) is 6.61 Å². The third-order valence-corrected chi connectivity index (χ3v) is 3.50. The first kappa shape index (κ1) is 16.2. The van der Waals surface area contributed by atoms with E-state index in [0.29, 0.717) is 26.9 Å². The van der Waals surface area contributed by atoms with Crippen LogP contribution in [0.1, 0.15) is 11.1 Å². The molecule has 0 fully saturated rings. The SMILES string of the molecule is N#Cc1ccccc1OCC(=O)OCc1c(Cl)cccc1Cl. The Labute approximate surface area is 137 Å².